The quantitative estimate of drug-likeness (QED) is 0.868. The van der Waals surface area contributed by atoms with E-state index in [1.807, 2.05) is 0 Å². The number of hydrogen-bond acceptors (Lipinski definition) is 4. The highest BCUT2D eigenvalue weighted by Crippen LogP contribution is 2.26. The zero-order chi connectivity index (χ0) is 14.4. The van der Waals surface area contributed by atoms with E-state index in [1.165, 1.54) is 37.7 Å². The highest BCUT2D eigenvalue weighted by Gasteiger charge is 2.18. The van der Waals surface area contributed by atoms with E-state index < -0.39 is 0 Å². The molecule has 112 valence electrons. The van der Waals surface area contributed by atoms with Crippen molar-refractivity contribution in [3.8, 4) is 5.88 Å². The molecule has 1 fully saturated rings. The predicted molar refractivity (Wildman–Crippen MR) is 80.7 cm³/mol. The number of nitrogens with zero attached hydrogens (tertiary/aromatic N) is 2. The Morgan fingerprint density at radius 2 is 1.80 bits per heavy atom. The molecule has 0 radical (unpaired) electrons. The second-order valence-electron chi connectivity index (χ2n) is 5.64. The molecule has 1 aromatic rings. The maximum atomic E-state index is 5.96. The van der Waals surface area contributed by atoms with Crippen molar-refractivity contribution in [2.45, 2.75) is 65.3 Å². The minimum Gasteiger partial charge on any atom is -0.476 e. The average molecular weight is 277 g/mol. The number of ether oxygens (including phenoxy) is 1. The Kier molecular flexibility index (Phi) is 5.77. The lowest BCUT2D eigenvalue weighted by atomic mass is 9.90. The van der Waals surface area contributed by atoms with Crippen LogP contribution < -0.4 is 10.5 Å². The van der Waals surface area contributed by atoms with E-state index in [0.29, 0.717) is 18.3 Å². The summed E-state index contributed by atoms with van der Waals surface area (Å²) in [6.45, 7) is 5.48. The van der Waals surface area contributed by atoms with Gasteiger partial charge in [0.15, 0.2) is 0 Å². The summed E-state index contributed by atoms with van der Waals surface area (Å²) in [7, 11) is 0. The molecule has 4 nitrogen and oxygen atoms in total. The van der Waals surface area contributed by atoms with Crippen LogP contribution in [-0.2, 0) is 19.4 Å². The van der Waals surface area contributed by atoms with E-state index in [4.69, 9.17) is 10.5 Å². The van der Waals surface area contributed by atoms with E-state index in [1.54, 1.807) is 0 Å². The summed E-state index contributed by atoms with van der Waals surface area (Å²) in [4.78, 5) is 0. The van der Waals surface area contributed by atoms with Crippen molar-refractivity contribution in [2.75, 3.05) is 6.61 Å². The van der Waals surface area contributed by atoms with Crippen LogP contribution in [0.4, 0.5) is 0 Å². The van der Waals surface area contributed by atoms with Gasteiger partial charge in [0, 0.05) is 12.1 Å². The van der Waals surface area contributed by atoms with Gasteiger partial charge in [-0.1, -0.05) is 33.1 Å². The maximum Gasteiger partial charge on any atom is 0.238 e. The first-order chi connectivity index (χ1) is 9.80. The lowest BCUT2D eigenvalue weighted by molar-refractivity contribution is 0.199. The summed E-state index contributed by atoms with van der Waals surface area (Å²) in [5.74, 6) is 1.33. The lowest BCUT2D eigenvalue weighted by Gasteiger charge is -2.22. The fraction of sp³-hybridized carbons (Fsp3) is 0.750. The third-order valence-electron chi connectivity index (χ3n) is 4.31. The SMILES string of the molecule is CCc1nnc(OCC2CCCCC2)c(CN)c1CC. The minimum atomic E-state index is 0.478. The molecule has 0 atom stereocenters. The topological polar surface area (TPSA) is 61.0 Å². The van der Waals surface area contributed by atoms with Gasteiger partial charge in [0.2, 0.25) is 5.88 Å². The van der Waals surface area contributed by atoms with Crippen molar-refractivity contribution in [2.24, 2.45) is 11.7 Å². The van der Waals surface area contributed by atoms with Crippen LogP contribution in [0.3, 0.4) is 0 Å². The third kappa shape index (κ3) is 3.48. The zero-order valence-corrected chi connectivity index (χ0v) is 12.8. The summed E-state index contributed by atoms with van der Waals surface area (Å²) in [5, 5.41) is 8.57. The Bertz CT molecular complexity index is 428. The molecule has 2 N–H and O–H groups in total. The van der Waals surface area contributed by atoms with Gasteiger partial charge in [-0.15, -0.1) is 5.10 Å². The van der Waals surface area contributed by atoms with Crippen LogP contribution in [0, 0.1) is 5.92 Å². The molecule has 1 heterocycles. The molecule has 0 amide bonds. The Morgan fingerprint density at radius 1 is 1.05 bits per heavy atom. The molecule has 1 aromatic heterocycles. The van der Waals surface area contributed by atoms with Crippen LogP contribution in [0.2, 0.25) is 0 Å². The molecule has 2 rings (SSSR count). The monoisotopic (exact) mass is 277 g/mol. The van der Waals surface area contributed by atoms with E-state index in [-0.39, 0.29) is 0 Å². The molecule has 1 saturated carbocycles. The third-order valence-corrected chi connectivity index (χ3v) is 4.31. The number of nitrogens with two attached hydrogens (primary N) is 1. The van der Waals surface area contributed by atoms with E-state index in [2.05, 4.69) is 24.0 Å². The first-order valence-electron chi connectivity index (χ1n) is 8.00. The van der Waals surface area contributed by atoms with Crippen molar-refractivity contribution in [1.29, 1.82) is 0 Å². The van der Waals surface area contributed by atoms with Gasteiger partial charge in [0.1, 0.15) is 0 Å². The molecular formula is C16H27N3O. The normalized spacial score (nSPS) is 16.4. The van der Waals surface area contributed by atoms with E-state index >= 15 is 0 Å². The average Bonchev–Trinajstić information content (AvgIpc) is 2.52. The van der Waals surface area contributed by atoms with E-state index in [0.717, 1.165) is 30.7 Å². The van der Waals surface area contributed by atoms with Crippen LogP contribution in [0.15, 0.2) is 0 Å². The van der Waals surface area contributed by atoms with Crippen molar-refractivity contribution in [3.05, 3.63) is 16.8 Å². The molecule has 0 spiro atoms. The molecule has 0 bridgehead atoms. The van der Waals surface area contributed by atoms with Crippen LogP contribution in [0.25, 0.3) is 0 Å². The summed E-state index contributed by atoms with van der Waals surface area (Å²) in [6.07, 6.45) is 8.42. The Morgan fingerprint density at radius 3 is 2.40 bits per heavy atom. The first kappa shape index (κ1) is 15.2. The Hall–Kier alpha value is -1.16. The van der Waals surface area contributed by atoms with Crippen molar-refractivity contribution in [1.82, 2.24) is 10.2 Å². The molecule has 4 heteroatoms. The second-order valence-corrected chi connectivity index (χ2v) is 5.64. The van der Waals surface area contributed by atoms with Gasteiger partial charge in [0.05, 0.1) is 12.3 Å². The van der Waals surface area contributed by atoms with E-state index in [9.17, 15) is 0 Å². The summed E-state index contributed by atoms with van der Waals surface area (Å²) >= 11 is 0. The zero-order valence-electron chi connectivity index (χ0n) is 12.8. The smallest absolute Gasteiger partial charge is 0.238 e. The van der Waals surface area contributed by atoms with Gasteiger partial charge in [-0.2, -0.15) is 5.10 Å². The van der Waals surface area contributed by atoms with Gasteiger partial charge in [-0.3, -0.25) is 0 Å². The molecular weight excluding hydrogens is 250 g/mol. The fourth-order valence-electron chi connectivity index (χ4n) is 3.11. The molecule has 0 unspecified atom stereocenters. The Labute approximate surface area is 122 Å². The van der Waals surface area contributed by atoms with Crippen molar-refractivity contribution >= 4 is 0 Å². The highest BCUT2D eigenvalue weighted by molar-refractivity contribution is 5.36. The number of rotatable bonds is 6. The molecule has 0 saturated heterocycles. The van der Waals surface area contributed by atoms with Crippen LogP contribution >= 0.6 is 0 Å². The molecule has 0 aliphatic heterocycles. The van der Waals surface area contributed by atoms with Crippen LogP contribution in [0.1, 0.15) is 62.8 Å². The predicted octanol–water partition coefficient (Wildman–Crippen LogP) is 3.02. The van der Waals surface area contributed by atoms with Gasteiger partial charge in [-0.05, 0) is 37.2 Å². The van der Waals surface area contributed by atoms with Gasteiger partial charge in [0.25, 0.3) is 0 Å². The molecule has 0 aromatic carbocycles. The Balaban J connectivity index is 2.10. The standard InChI is InChI=1S/C16H27N3O/c1-3-13-14(10-17)16(19-18-15(13)4-2)20-11-12-8-6-5-7-9-12/h12H,3-11,17H2,1-2H3. The van der Waals surface area contributed by atoms with Crippen molar-refractivity contribution in [3.63, 3.8) is 0 Å². The van der Waals surface area contributed by atoms with Crippen LogP contribution in [0.5, 0.6) is 5.88 Å². The summed E-state index contributed by atoms with van der Waals surface area (Å²) in [5.41, 5.74) is 9.24. The highest BCUT2D eigenvalue weighted by atomic mass is 16.5. The first-order valence-corrected chi connectivity index (χ1v) is 8.00. The summed E-state index contributed by atoms with van der Waals surface area (Å²) in [6, 6.07) is 0. The van der Waals surface area contributed by atoms with Crippen molar-refractivity contribution < 1.29 is 4.74 Å². The fourth-order valence-corrected chi connectivity index (χ4v) is 3.11. The molecule has 20 heavy (non-hydrogen) atoms. The number of aromatic nitrogens is 2. The van der Waals surface area contributed by atoms with Gasteiger partial charge in [-0.25, -0.2) is 0 Å². The number of hydrogen-bond donors (Lipinski definition) is 1. The molecule has 1 aliphatic rings. The maximum absolute atomic E-state index is 5.96. The van der Waals surface area contributed by atoms with Gasteiger partial charge < -0.3 is 10.5 Å². The summed E-state index contributed by atoms with van der Waals surface area (Å²) < 4.78 is 5.96. The number of aryl methyl sites for hydroxylation is 1. The van der Waals surface area contributed by atoms with Gasteiger partial charge >= 0.3 is 0 Å². The second kappa shape index (κ2) is 7.58. The van der Waals surface area contributed by atoms with Crippen LogP contribution in [-0.4, -0.2) is 16.8 Å². The molecule has 1 aliphatic carbocycles. The lowest BCUT2D eigenvalue weighted by Crippen LogP contribution is -2.18. The largest absolute Gasteiger partial charge is 0.476 e. The minimum absolute atomic E-state index is 0.478.